The van der Waals surface area contributed by atoms with Gasteiger partial charge in [0.05, 0.1) is 12.0 Å². The highest BCUT2D eigenvalue weighted by Gasteiger charge is 2.05. The topological polar surface area (TPSA) is 61.7 Å². The molecule has 0 spiro atoms. The van der Waals surface area contributed by atoms with E-state index in [1.165, 1.54) is 5.69 Å². The first kappa shape index (κ1) is 12.8. The van der Waals surface area contributed by atoms with Gasteiger partial charge >= 0.3 is 0 Å². The lowest BCUT2D eigenvalue weighted by Gasteiger charge is -2.05. The highest BCUT2D eigenvalue weighted by atomic mass is 15.3. The molecule has 1 unspecified atom stereocenters. The summed E-state index contributed by atoms with van der Waals surface area (Å²) in [7, 11) is 1.97. The van der Waals surface area contributed by atoms with Crippen molar-refractivity contribution in [1.82, 2.24) is 19.3 Å². The average Bonchev–Trinajstić information content (AvgIpc) is 2.96. The second-order valence-corrected chi connectivity index (χ2v) is 4.67. The molecule has 0 aliphatic rings. The summed E-state index contributed by atoms with van der Waals surface area (Å²) in [5.41, 5.74) is 8.23. The number of imidazole rings is 1. The molecule has 0 saturated heterocycles. The van der Waals surface area contributed by atoms with E-state index < -0.39 is 0 Å². The summed E-state index contributed by atoms with van der Waals surface area (Å²) in [4.78, 5) is 4.39. The van der Waals surface area contributed by atoms with Crippen molar-refractivity contribution < 1.29 is 0 Å². The highest BCUT2D eigenvalue weighted by Crippen LogP contribution is 2.04. The maximum atomic E-state index is 5.92. The van der Waals surface area contributed by atoms with Crippen molar-refractivity contribution in [2.75, 3.05) is 0 Å². The zero-order valence-electron chi connectivity index (χ0n) is 11.1. The SMILES string of the molecule is CCC(N)Cc1cn(CCc2ccnn2C)cn1. The number of nitrogens with two attached hydrogens (primary N) is 1. The minimum atomic E-state index is 0.213. The lowest BCUT2D eigenvalue weighted by Crippen LogP contribution is -2.21. The third kappa shape index (κ3) is 3.20. The Morgan fingerprint density at radius 2 is 2.28 bits per heavy atom. The van der Waals surface area contributed by atoms with Crippen LogP contribution in [0.4, 0.5) is 0 Å². The molecule has 98 valence electrons. The Morgan fingerprint density at radius 1 is 1.44 bits per heavy atom. The lowest BCUT2D eigenvalue weighted by atomic mass is 10.1. The van der Waals surface area contributed by atoms with Crippen LogP contribution >= 0.6 is 0 Å². The van der Waals surface area contributed by atoms with Gasteiger partial charge in [-0.2, -0.15) is 5.10 Å². The van der Waals surface area contributed by atoms with Crippen molar-refractivity contribution in [3.8, 4) is 0 Å². The molecule has 18 heavy (non-hydrogen) atoms. The van der Waals surface area contributed by atoms with E-state index in [1.54, 1.807) is 0 Å². The molecule has 5 heteroatoms. The van der Waals surface area contributed by atoms with Gasteiger partial charge in [0, 0.05) is 50.6 Å². The quantitative estimate of drug-likeness (QED) is 0.832. The Hall–Kier alpha value is -1.62. The van der Waals surface area contributed by atoms with Crippen LogP contribution in [0.15, 0.2) is 24.8 Å². The first-order chi connectivity index (χ1) is 8.69. The zero-order valence-corrected chi connectivity index (χ0v) is 11.1. The van der Waals surface area contributed by atoms with Gasteiger partial charge in [0.1, 0.15) is 0 Å². The van der Waals surface area contributed by atoms with E-state index >= 15 is 0 Å². The highest BCUT2D eigenvalue weighted by molar-refractivity contribution is 5.02. The van der Waals surface area contributed by atoms with E-state index in [0.29, 0.717) is 0 Å². The van der Waals surface area contributed by atoms with E-state index in [-0.39, 0.29) is 6.04 Å². The third-order valence-corrected chi connectivity index (χ3v) is 3.23. The predicted octanol–water partition coefficient (Wildman–Crippen LogP) is 1.14. The molecular weight excluding hydrogens is 226 g/mol. The molecule has 0 amide bonds. The third-order valence-electron chi connectivity index (χ3n) is 3.23. The molecule has 5 nitrogen and oxygen atoms in total. The number of hydrogen-bond acceptors (Lipinski definition) is 3. The first-order valence-corrected chi connectivity index (χ1v) is 6.42. The molecule has 0 aliphatic heterocycles. The van der Waals surface area contributed by atoms with Gasteiger partial charge in [-0.05, 0) is 12.5 Å². The maximum Gasteiger partial charge on any atom is 0.0949 e. The summed E-state index contributed by atoms with van der Waals surface area (Å²) in [6.07, 6.45) is 8.61. The minimum absolute atomic E-state index is 0.213. The Bertz CT molecular complexity index is 485. The van der Waals surface area contributed by atoms with Crippen molar-refractivity contribution in [3.63, 3.8) is 0 Å². The van der Waals surface area contributed by atoms with E-state index in [0.717, 1.165) is 31.5 Å². The summed E-state index contributed by atoms with van der Waals surface area (Å²) in [5.74, 6) is 0. The molecule has 2 heterocycles. The Kier molecular flexibility index (Phi) is 4.15. The van der Waals surface area contributed by atoms with Crippen molar-refractivity contribution in [3.05, 3.63) is 36.2 Å². The number of aryl methyl sites for hydroxylation is 3. The fraction of sp³-hybridized carbons (Fsp3) is 0.538. The number of rotatable bonds is 6. The summed E-state index contributed by atoms with van der Waals surface area (Å²) < 4.78 is 4.02. The van der Waals surface area contributed by atoms with E-state index in [1.807, 2.05) is 30.3 Å². The molecule has 2 aromatic heterocycles. The minimum Gasteiger partial charge on any atom is -0.337 e. The van der Waals surface area contributed by atoms with Crippen LogP contribution in [0.25, 0.3) is 0 Å². The van der Waals surface area contributed by atoms with Gasteiger partial charge in [-0.1, -0.05) is 6.92 Å². The Labute approximate surface area is 108 Å². The van der Waals surface area contributed by atoms with Crippen LogP contribution in [0.3, 0.4) is 0 Å². The molecule has 0 bridgehead atoms. The lowest BCUT2D eigenvalue weighted by molar-refractivity contribution is 0.629. The molecule has 0 fully saturated rings. The maximum absolute atomic E-state index is 5.92. The largest absolute Gasteiger partial charge is 0.337 e. The predicted molar refractivity (Wildman–Crippen MR) is 71.1 cm³/mol. The van der Waals surface area contributed by atoms with Gasteiger partial charge in [0.15, 0.2) is 0 Å². The van der Waals surface area contributed by atoms with Crippen LogP contribution in [0.2, 0.25) is 0 Å². The smallest absolute Gasteiger partial charge is 0.0949 e. The first-order valence-electron chi connectivity index (χ1n) is 6.42. The standard InChI is InChI=1S/C13H21N5/c1-3-11(14)8-12-9-18(10-15-12)7-5-13-4-6-16-17(13)2/h4,6,9-11H,3,5,7-8,14H2,1-2H3. The summed E-state index contributed by atoms with van der Waals surface area (Å²) in [6.45, 7) is 3.03. The molecule has 2 rings (SSSR count). The van der Waals surface area contributed by atoms with Crippen molar-refractivity contribution >= 4 is 0 Å². The van der Waals surface area contributed by atoms with Gasteiger partial charge in [0.25, 0.3) is 0 Å². The van der Waals surface area contributed by atoms with E-state index in [2.05, 4.69) is 27.8 Å². The van der Waals surface area contributed by atoms with Crippen LogP contribution < -0.4 is 5.73 Å². The van der Waals surface area contributed by atoms with E-state index in [9.17, 15) is 0 Å². The average molecular weight is 247 g/mol. The van der Waals surface area contributed by atoms with Crippen molar-refractivity contribution in [1.29, 1.82) is 0 Å². The van der Waals surface area contributed by atoms with Crippen LogP contribution in [0.5, 0.6) is 0 Å². The molecule has 0 radical (unpaired) electrons. The van der Waals surface area contributed by atoms with Gasteiger partial charge in [-0.25, -0.2) is 4.98 Å². The fourth-order valence-corrected chi connectivity index (χ4v) is 1.94. The summed E-state index contributed by atoms with van der Waals surface area (Å²) in [5, 5.41) is 4.16. The Balaban J connectivity index is 1.89. The van der Waals surface area contributed by atoms with Crippen molar-refractivity contribution in [2.45, 2.75) is 38.8 Å². The van der Waals surface area contributed by atoms with Gasteiger partial charge < -0.3 is 10.3 Å². The van der Waals surface area contributed by atoms with Gasteiger partial charge in [-0.3, -0.25) is 4.68 Å². The van der Waals surface area contributed by atoms with Crippen LogP contribution in [0.1, 0.15) is 24.7 Å². The molecular formula is C13H21N5. The molecule has 2 aromatic rings. The van der Waals surface area contributed by atoms with E-state index in [4.69, 9.17) is 5.73 Å². The zero-order chi connectivity index (χ0) is 13.0. The molecule has 0 aromatic carbocycles. The van der Waals surface area contributed by atoms with Crippen molar-refractivity contribution in [2.24, 2.45) is 12.8 Å². The molecule has 2 N–H and O–H groups in total. The normalized spacial score (nSPS) is 12.8. The molecule has 1 atom stereocenters. The number of hydrogen-bond donors (Lipinski definition) is 1. The van der Waals surface area contributed by atoms with Gasteiger partial charge in [0.2, 0.25) is 0 Å². The van der Waals surface area contributed by atoms with Crippen LogP contribution in [-0.2, 0) is 26.4 Å². The summed E-state index contributed by atoms with van der Waals surface area (Å²) in [6, 6.07) is 2.26. The second-order valence-electron chi connectivity index (χ2n) is 4.67. The fourth-order valence-electron chi connectivity index (χ4n) is 1.94. The molecule has 0 saturated carbocycles. The van der Waals surface area contributed by atoms with Crippen LogP contribution in [-0.4, -0.2) is 25.4 Å². The number of aromatic nitrogens is 4. The Morgan fingerprint density at radius 3 is 2.94 bits per heavy atom. The molecule has 0 aliphatic carbocycles. The second kappa shape index (κ2) is 5.82. The number of nitrogens with zero attached hydrogens (tertiary/aromatic N) is 4. The summed E-state index contributed by atoms with van der Waals surface area (Å²) >= 11 is 0. The monoisotopic (exact) mass is 247 g/mol. The van der Waals surface area contributed by atoms with Gasteiger partial charge in [-0.15, -0.1) is 0 Å². The van der Waals surface area contributed by atoms with Crippen LogP contribution in [0, 0.1) is 0 Å².